The molecule has 2 N–H and O–H groups in total. The standard InChI is InChI=1S/C15H21N3OS/c1-11-7-12(2)9-13(8-11)15(19)18-5-3-17(4-6-18)10-14(16)20/h7-9H,3-6,10H2,1-2H3,(H2,16,20). The van der Waals surface area contributed by atoms with Gasteiger partial charge in [0.1, 0.15) is 0 Å². The molecule has 1 aromatic carbocycles. The van der Waals surface area contributed by atoms with Gasteiger partial charge in [-0.3, -0.25) is 9.69 Å². The molecule has 1 aliphatic rings. The van der Waals surface area contributed by atoms with Crippen LogP contribution < -0.4 is 5.73 Å². The van der Waals surface area contributed by atoms with Gasteiger partial charge in [0.15, 0.2) is 0 Å². The van der Waals surface area contributed by atoms with E-state index in [-0.39, 0.29) is 5.91 Å². The molecule has 0 radical (unpaired) electrons. The van der Waals surface area contributed by atoms with Crippen molar-refractivity contribution in [2.24, 2.45) is 5.73 Å². The second kappa shape index (κ2) is 6.33. The molecule has 0 bridgehead atoms. The molecule has 1 aliphatic heterocycles. The van der Waals surface area contributed by atoms with E-state index in [4.69, 9.17) is 18.0 Å². The summed E-state index contributed by atoms with van der Waals surface area (Å²) in [5, 5.41) is 0. The highest BCUT2D eigenvalue weighted by Gasteiger charge is 2.22. The smallest absolute Gasteiger partial charge is 0.253 e. The number of amides is 1. The molecular weight excluding hydrogens is 270 g/mol. The minimum absolute atomic E-state index is 0.117. The molecule has 1 saturated heterocycles. The van der Waals surface area contributed by atoms with Gasteiger partial charge in [0.2, 0.25) is 0 Å². The summed E-state index contributed by atoms with van der Waals surface area (Å²) in [6.45, 7) is 7.79. The lowest BCUT2D eigenvalue weighted by Gasteiger charge is -2.34. The summed E-state index contributed by atoms with van der Waals surface area (Å²) < 4.78 is 0. The summed E-state index contributed by atoms with van der Waals surface area (Å²) in [6.07, 6.45) is 0. The number of hydrogen-bond donors (Lipinski definition) is 1. The van der Waals surface area contributed by atoms with Crippen molar-refractivity contribution < 1.29 is 4.79 Å². The Morgan fingerprint density at radius 1 is 1.15 bits per heavy atom. The zero-order valence-electron chi connectivity index (χ0n) is 12.1. The highest BCUT2D eigenvalue weighted by atomic mass is 32.1. The monoisotopic (exact) mass is 291 g/mol. The van der Waals surface area contributed by atoms with Gasteiger partial charge < -0.3 is 10.6 Å². The third-order valence-electron chi connectivity index (χ3n) is 3.51. The number of carbonyl (C=O) groups is 1. The Labute approximate surface area is 125 Å². The van der Waals surface area contributed by atoms with Crippen molar-refractivity contribution in [2.45, 2.75) is 13.8 Å². The Kier molecular flexibility index (Phi) is 4.73. The van der Waals surface area contributed by atoms with Crippen LogP contribution >= 0.6 is 12.2 Å². The summed E-state index contributed by atoms with van der Waals surface area (Å²) in [5.41, 5.74) is 8.58. The third kappa shape index (κ3) is 3.77. The minimum Gasteiger partial charge on any atom is -0.392 e. The first-order chi connectivity index (χ1) is 9.45. The van der Waals surface area contributed by atoms with E-state index in [9.17, 15) is 4.79 Å². The van der Waals surface area contributed by atoms with E-state index in [0.717, 1.165) is 42.9 Å². The molecule has 20 heavy (non-hydrogen) atoms. The summed E-state index contributed by atoms with van der Waals surface area (Å²) in [5.74, 6) is 0.117. The second-order valence-corrected chi connectivity index (χ2v) is 5.94. The molecule has 0 spiro atoms. The molecule has 0 atom stereocenters. The molecule has 1 heterocycles. The van der Waals surface area contributed by atoms with Crippen LogP contribution in [0.5, 0.6) is 0 Å². The Bertz CT molecular complexity index is 502. The summed E-state index contributed by atoms with van der Waals surface area (Å²) in [4.78, 5) is 17.1. The molecule has 4 nitrogen and oxygen atoms in total. The van der Waals surface area contributed by atoms with Crippen LogP contribution in [0.2, 0.25) is 0 Å². The maximum atomic E-state index is 12.5. The van der Waals surface area contributed by atoms with Crippen LogP contribution in [0.25, 0.3) is 0 Å². The fraction of sp³-hybridized carbons (Fsp3) is 0.467. The van der Waals surface area contributed by atoms with Gasteiger partial charge in [-0.05, 0) is 26.0 Å². The lowest BCUT2D eigenvalue weighted by molar-refractivity contribution is 0.0654. The predicted octanol–water partition coefficient (Wildman–Crippen LogP) is 1.35. The second-order valence-electron chi connectivity index (χ2n) is 5.41. The van der Waals surface area contributed by atoms with E-state index in [1.54, 1.807) is 0 Å². The van der Waals surface area contributed by atoms with Crippen LogP contribution in [0.3, 0.4) is 0 Å². The molecule has 1 fully saturated rings. The largest absolute Gasteiger partial charge is 0.392 e. The van der Waals surface area contributed by atoms with E-state index < -0.39 is 0 Å². The Morgan fingerprint density at radius 3 is 2.20 bits per heavy atom. The highest BCUT2D eigenvalue weighted by molar-refractivity contribution is 7.80. The summed E-state index contributed by atoms with van der Waals surface area (Å²) in [7, 11) is 0. The first kappa shape index (κ1) is 14.9. The topological polar surface area (TPSA) is 49.6 Å². The minimum atomic E-state index is 0.117. The lowest BCUT2D eigenvalue weighted by Crippen LogP contribution is -2.50. The first-order valence-corrected chi connectivity index (χ1v) is 7.25. The average Bonchev–Trinajstić information content (AvgIpc) is 2.37. The molecule has 0 aliphatic carbocycles. The average molecular weight is 291 g/mol. The maximum Gasteiger partial charge on any atom is 0.253 e. The number of carbonyl (C=O) groups excluding carboxylic acids is 1. The van der Waals surface area contributed by atoms with Crippen molar-refractivity contribution >= 4 is 23.1 Å². The van der Waals surface area contributed by atoms with Gasteiger partial charge in [0.05, 0.1) is 4.99 Å². The molecule has 1 aromatic rings. The number of hydrogen-bond acceptors (Lipinski definition) is 3. The maximum absolute atomic E-state index is 12.5. The van der Waals surface area contributed by atoms with Crippen molar-refractivity contribution in [3.63, 3.8) is 0 Å². The number of nitrogens with two attached hydrogens (primary N) is 1. The van der Waals surface area contributed by atoms with Gasteiger partial charge in [-0.1, -0.05) is 29.4 Å². The number of piperazine rings is 1. The molecular formula is C15H21N3OS. The first-order valence-electron chi connectivity index (χ1n) is 6.84. The third-order valence-corrected chi connectivity index (χ3v) is 3.64. The molecule has 1 amide bonds. The fourth-order valence-electron chi connectivity index (χ4n) is 2.61. The number of rotatable bonds is 3. The van der Waals surface area contributed by atoms with Gasteiger partial charge >= 0.3 is 0 Å². The van der Waals surface area contributed by atoms with E-state index in [2.05, 4.69) is 11.0 Å². The number of benzene rings is 1. The van der Waals surface area contributed by atoms with Gasteiger partial charge in [-0.25, -0.2) is 0 Å². The zero-order chi connectivity index (χ0) is 14.7. The number of nitrogens with zero attached hydrogens (tertiary/aromatic N) is 2. The van der Waals surface area contributed by atoms with E-state index in [1.807, 2.05) is 30.9 Å². The van der Waals surface area contributed by atoms with Crippen molar-refractivity contribution in [1.82, 2.24) is 9.80 Å². The lowest BCUT2D eigenvalue weighted by atomic mass is 10.1. The Hall–Kier alpha value is -1.46. The number of aryl methyl sites for hydroxylation is 2. The van der Waals surface area contributed by atoms with Crippen molar-refractivity contribution in [3.05, 3.63) is 34.9 Å². The Morgan fingerprint density at radius 2 is 1.70 bits per heavy atom. The van der Waals surface area contributed by atoms with Crippen LogP contribution in [0, 0.1) is 13.8 Å². The zero-order valence-corrected chi connectivity index (χ0v) is 12.9. The van der Waals surface area contributed by atoms with Crippen LogP contribution in [0.15, 0.2) is 18.2 Å². The highest BCUT2D eigenvalue weighted by Crippen LogP contribution is 2.13. The predicted molar refractivity (Wildman–Crippen MR) is 85.0 cm³/mol. The molecule has 5 heteroatoms. The molecule has 0 aromatic heterocycles. The van der Waals surface area contributed by atoms with Gasteiger partial charge in [-0.15, -0.1) is 0 Å². The molecule has 0 saturated carbocycles. The quantitative estimate of drug-likeness (QED) is 0.854. The molecule has 108 valence electrons. The molecule has 0 unspecified atom stereocenters. The van der Waals surface area contributed by atoms with Gasteiger partial charge in [-0.2, -0.15) is 0 Å². The van der Waals surface area contributed by atoms with Crippen molar-refractivity contribution in [3.8, 4) is 0 Å². The van der Waals surface area contributed by atoms with Crippen LogP contribution in [0.1, 0.15) is 21.5 Å². The number of thiocarbonyl (C=S) groups is 1. The van der Waals surface area contributed by atoms with Crippen LogP contribution in [-0.4, -0.2) is 53.4 Å². The van der Waals surface area contributed by atoms with E-state index in [0.29, 0.717) is 11.5 Å². The van der Waals surface area contributed by atoms with Crippen molar-refractivity contribution in [1.29, 1.82) is 0 Å². The van der Waals surface area contributed by atoms with Crippen LogP contribution in [0.4, 0.5) is 0 Å². The SMILES string of the molecule is Cc1cc(C)cc(C(=O)N2CCN(CC(N)=S)CC2)c1. The summed E-state index contributed by atoms with van der Waals surface area (Å²) in [6, 6.07) is 5.99. The van der Waals surface area contributed by atoms with E-state index >= 15 is 0 Å². The van der Waals surface area contributed by atoms with Crippen molar-refractivity contribution in [2.75, 3.05) is 32.7 Å². The Balaban J connectivity index is 1.99. The fourth-order valence-corrected chi connectivity index (χ4v) is 2.79. The van der Waals surface area contributed by atoms with Gasteiger partial charge in [0.25, 0.3) is 5.91 Å². The van der Waals surface area contributed by atoms with Crippen LogP contribution in [-0.2, 0) is 0 Å². The summed E-state index contributed by atoms with van der Waals surface area (Å²) >= 11 is 4.92. The normalized spacial score (nSPS) is 16.2. The van der Waals surface area contributed by atoms with E-state index in [1.165, 1.54) is 0 Å². The molecule has 2 rings (SSSR count). The van der Waals surface area contributed by atoms with Gasteiger partial charge in [0, 0.05) is 38.3 Å².